The van der Waals surface area contributed by atoms with Crippen LogP contribution in [0.25, 0.3) is 11.0 Å². The average Bonchev–Trinajstić information content (AvgIpc) is 3.01. The molecule has 0 aliphatic rings. The van der Waals surface area contributed by atoms with E-state index in [0.29, 0.717) is 31.7 Å². The summed E-state index contributed by atoms with van der Waals surface area (Å²) in [6.07, 6.45) is 1.74. The second kappa shape index (κ2) is 7.04. The van der Waals surface area contributed by atoms with Gasteiger partial charge in [0.15, 0.2) is 5.75 Å². The number of nitrogen functional groups attached to an aromatic ring is 1. The van der Waals surface area contributed by atoms with Crippen LogP contribution in [0.2, 0.25) is 5.15 Å². The molecular formula is C15H15BrClN5O4. The second-order valence-corrected chi connectivity index (χ2v) is 6.34. The Morgan fingerprint density at radius 1 is 1.23 bits per heavy atom. The Bertz CT molecular complexity index is 963. The summed E-state index contributed by atoms with van der Waals surface area (Å²) in [5, 5.41) is 13.7. The quantitative estimate of drug-likeness (QED) is 0.364. The van der Waals surface area contributed by atoms with Crippen molar-refractivity contribution < 1.29 is 18.9 Å². The van der Waals surface area contributed by atoms with E-state index in [1.54, 1.807) is 16.8 Å². The van der Waals surface area contributed by atoms with Crippen LogP contribution in [0.4, 0.5) is 5.95 Å². The molecule has 0 amide bonds. The lowest BCUT2D eigenvalue weighted by atomic mass is 10.3. The van der Waals surface area contributed by atoms with Crippen molar-refractivity contribution in [3.63, 3.8) is 0 Å². The maximum absolute atomic E-state index is 12.8. The number of methoxy groups -OCH3 is 3. The van der Waals surface area contributed by atoms with Gasteiger partial charge in [0.2, 0.25) is 11.6 Å². The van der Waals surface area contributed by atoms with Gasteiger partial charge in [-0.2, -0.15) is 4.98 Å². The Morgan fingerprint density at radius 2 is 1.92 bits per heavy atom. The van der Waals surface area contributed by atoms with Crippen LogP contribution in [0, 0.1) is 5.21 Å². The van der Waals surface area contributed by atoms with Crippen LogP contribution in [0.5, 0.6) is 17.4 Å². The Labute approximate surface area is 162 Å². The smallest absolute Gasteiger partial charge is 0.427 e. The van der Waals surface area contributed by atoms with Crippen LogP contribution >= 0.6 is 27.5 Å². The number of hydrogen-bond donors (Lipinski definition) is 1. The van der Waals surface area contributed by atoms with Crippen molar-refractivity contribution in [3.8, 4) is 17.4 Å². The highest BCUT2D eigenvalue weighted by molar-refractivity contribution is 9.10. The molecule has 0 aromatic carbocycles. The lowest BCUT2D eigenvalue weighted by Gasteiger charge is -2.16. The summed E-state index contributed by atoms with van der Waals surface area (Å²) in [5.41, 5.74) is 6.51. The van der Waals surface area contributed by atoms with Crippen molar-refractivity contribution in [3.05, 3.63) is 32.8 Å². The zero-order valence-corrected chi connectivity index (χ0v) is 16.5. The summed E-state index contributed by atoms with van der Waals surface area (Å²) in [6.45, 7) is 0.150. The average molecular weight is 445 g/mol. The molecule has 0 spiro atoms. The molecule has 3 aromatic rings. The molecular weight excluding hydrogens is 430 g/mol. The van der Waals surface area contributed by atoms with Crippen LogP contribution < -0.4 is 24.7 Å². The molecule has 11 heteroatoms. The highest BCUT2D eigenvalue weighted by atomic mass is 79.9. The predicted octanol–water partition coefficient (Wildman–Crippen LogP) is 2.14. The summed E-state index contributed by atoms with van der Waals surface area (Å²) >= 11 is 9.51. The van der Waals surface area contributed by atoms with E-state index < -0.39 is 0 Å². The van der Waals surface area contributed by atoms with Gasteiger partial charge < -0.3 is 29.7 Å². The molecule has 0 bridgehead atoms. The van der Waals surface area contributed by atoms with Gasteiger partial charge in [0.05, 0.1) is 26.7 Å². The molecule has 0 aliphatic heterocycles. The van der Waals surface area contributed by atoms with E-state index in [9.17, 15) is 5.21 Å². The molecule has 0 aliphatic carbocycles. The van der Waals surface area contributed by atoms with Gasteiger partial charge in [-0.3, -0.25) is 0 Å². The number of pyridine rings is 1. The molecule has 0 radical (unpaired) electrons. The first kappa shape index (κ1) is 18.3. The van der Waals surface area contributed by atoms with Gasteiger partial charge in [-0.05, 0) is 22.0 Å². The van der Waals surface area contributed by atoms with Crippen molar-refractivity contribution in [2.24, 2.45) is 0 Å². The first-order valence-corrected chi connectivity index (χ1v) is 8.47. The maximum atomic E-state index is 12.8. The summed E-state index contributed by atoms with van der Waals surface area (Å²) in [4.78, 5) is 8.12. The van der Waals surface area contributed by atoms with Crippen LogP contribution in [0.3, 0.4) is 0 Å². The highest BCUT2D eigenvalue weighted by Crippen LogP contribution is 2.42. The summed E-state index contributed by atoms with van der Waals surface area (Å²) < 4.78 is 18.6. The topological polar surface area (TPSA) is 111 Å². The number of fused-ring (bicyclic) bond motifs is 1. The maximum Gasteiger partial charge on any atom is 0.427 e. The van der Waals surface area contributed by atoms with Gasteiger partial charge in [0, 0.05) is 6.20 Å². The standard InChI is InChI=1S/C15H15BrClN5O4/c1-24-10-9(16)8(22(23)14(26-3)11(10)25-2)6-21-5-4-7-12(17)19-15(18)20-13(7)21/h4-5H,6H2,1-3H3,(H2,18,19,20). The molecule has 138 valence electrons. The van der Waals surface area contributed by atoms with E-state index in [-0.39, 0.29) is 29.3 Å². The molecule has 0 unspecified atom stereocenters. The SMILES string of the molecule is COc1c(Br)c(Cn2ccc3c(Cl)nc(N)nc32)[n+]([O-])c(OC)c1OC. The molecule has 3 rings (SSSR count). The van der Waals surface area contributed by atoms with Crippen LogP contribution in [0.1, 0.15) is 5.69 Å². The van der Waals surface area contributed by atoms with Crippen molar-refractivity contribution >= 4 is 44.5 Å². The number of halogens is 2. The summed E-state index contributed by atoms with van der Waals surface area (Å²) in [5.74, 6) is 0.551. The third-order valence-corrected chi connectivity index (χ3v) is 4.90. The van der Waals surface area contributed by atoms with Gasteiger partial charge in [-0.15, -0.1) is 4.73 Å². The molecule has 0 saturated heterocycles. The number of aromatic nitrogens is 4. The third kappa shape index (κ3) is 2.84. The van der Waals surface area contributed by atoms with Gasteiger partial charge in [-0.1, -0.05) is 11.6 Å². The summed E-state index contributed by atoms with van der Waals surface area (Å²) in [7, 11) is 4.27. The van der Waals surface area contributed by atoms with E-state index in [0.717, 1.165) is 0 Å². The van der Waals surface area contributed by atoms with E-state index in [2.05, 4.69) is 25.9 Å². The molecule has 9 nitrogen and oxygen atoms in total. The fraction of sp³-hybridized carbons (Fsp3) is 0.267. The van der Waals surface area contributed by atoms with E-state index in [1.165, 1.54) is 21.3 Å². The zero-order chi connectivity index (χ0) is 19.0. The monoisotopic (exact) mass is 443 g/mol. The number of anilines is 1. The van der Waals surface area contributed by atoms with Gasteiger partial charge in [0.25, 0.3) is 5.75 Å². The molecule has 0 atom stereocenters. The summed E-state index contributed by atoms with van der Waals surface area (Å²) in [6, 6.07) is 1.75. The van der Waals surface area contributed by atoms with Gasteiger partial charge in [-0.25, -0.2) is 4.98 Å². The molecule has 3 aromatic heterocycles. The van der Waals surface area contributed by atoms with Crippen LogP contribution in [-0.2, 0) is 6.54 Å². The molecule has 2 N–H and O–H groups in total. The van der Waals surface area contributed by atoms with Gasteiger partial charge in [0.1, 0.15) is 21.8 Å². The predicted molar refractivity (Wildman–Crippen MR) is 98.8 cm³/mol. The lowest BCUT2D eigenvalue weighted by Crippen LogP contribution is -2.36. The van der Waals surface area contributed by atoms with Gasteiger partial charge >= 0.3 is 5.88 Å². The number of ether oxygens (including phenoxy) is 3. The Hall–Kier alpha value is -2.46. The zero-order valence-electron chi connectivity index (χ0n) is 14.1. The second-order valence-electron chi connectivity index (χ2n) is 5.18. The molecule has 0 saturated carbocycles. The third-order valence-electron chi connectivity index (χ3n) is 3.79. The minimum Gasteiger partial charge on any atom is -0.616 e. The number of hydrogen-bond acceptors (Lipinski definition) is 7. The Balaban J connectivity index is 2.20. The largest absolute Gasteiger partial charge is 0.616 e. The fourth-order valence-electron chi connectivity index (χ4n) is 2.64. The molecule has 0 fully saturated rings. The fourth-order valence-corrected chi connectivity index (χ4v) is 3.50. The first-order chi connectivity index (χ1) is 12.4. The number of nitrogens with two attached hydrogens (primary N) is 1. The van der Waals surface area contributed by atoms with Crippen molar-refractivity contribution in [1.29, 1.82) is 0 Å². The van der Waals surface area contributed by atoms with E-state index in [1.807, 2.05) is 0 Å². The van der Waals surface area contributed by atoms with Crippen LogP contribution in [0.15, 0.2) is 16.7 Å². The Kier molecular flexibility index (Phi) is 4.97. The van der Waals surface area contributed by atoms with Crippen molar-refractivity contribution in [2.75, 3.05) is 27.1 Å². The minimum absolute atomic E-state index is 0.0221. The highest BCUT2D eigenvalue weighted by Gasteiger charge is 2.30. The molecule has 3 heterocycles. The van der Waals surface area contributed by atoms with E-state index >= 15 is 0 Å². The number of nitrogens with zero attached hydrogens (tertiary/aromatic N) is 4. The van der Waals surface area contributed by atoms with E-state index in [4.69, 9.17) is 31.5 Å². The molecule has 26 heavy (non-hydrogen) atoms. The van der Waals surface area contributed by atoms with Crippen LogP contribution in [-0.4, -0.2) is 35.9 Å². The Morgan fingerprint density at radius 3 is 2.54 bits per heavy atom. The lowest BCUT2D eigenvalue weighted by molar-refractivity contribution is -0.621. The first-order valence-electron chi connectivity index (χ1n) is 7.30. The normalized spacial score (nSPS) is 11.0. The van der Waals surface area contributed by atoms with Crippen molar-refractivity contribution in [1.82, 2.24) is 14.5 Å². The van der Waals surface area contributed by atoms with Crippen molar-refractivity contribution in [2.45, 2.75) is 6.54 Å². The minimum atomic E-state index is -0.0221. The number of rotatable bonds is 5.